The molecule has 1 atom stereocenters. The van der Waals surface area contributed by atoms with Crippen molar-refractivity contribution < 1.29 is 19.3 Å². The fourth-order valence-electron chi connectivity index (χ4n) is 3.66. The van der Waals surface area contributed by atoms with Gasteiger partial charge in [-0.3, -0.25) is 9.80 Å². The second-order valence-corrected chi connectivity index (χ2v) is 7.54. The maximum Gasteiger partial charge on any atom is 0.131 e. The molecule has 28 heavy (non-hydrogen) atoms. The van der Waals surface area contributed by atoms with Crippen LogP contribution in [0.3, 0.4) is 0 Å². The lowest BCUT2D eigenvalue weighted by molar-refractivity contribution is 0.0489. The Morgan fingerprint density at radius 2 is 1.96 bits per heavy atom. The van der Waals surface area contributed by atoms with E-state index in [1.165, 1.54) is 13.2 Å². The predicted octanol–water partition coefficient (Wildman–Crippen LogP) is 3.26. The van der Waals surface area contributed by atoms with Gasteiger partial charge in [-0.25, -0.2) is 4.39 Å². The van der Waals surface area contributed by atoms with Gasteiger partial charge >= 0.3 is 0 Å². The van der Waals surface area contributed by atoms with E-state index >= 15 is 0 Å². The van der Waals surface area contributed by atoms with Crippen LogP contribution in [0.1, 0.15) is 17.5 Å². The van der Waals surface area contributed by atoms with Crippen LogP contribution in [-0.4, -0.2) is 59.4 Å². The normalized spacial score (nSPS) is 18.4. The molecule has 0 spiro atoms. The Hall–Kier alpha value is -1.86. The molecule has 1 aliphatic heterocycles. The molecule has 0 amide bonds. The highest BCUT2D eigenvalue weighted by Crippen LogP contribution is 2.26. The molecule has 1 saturated heterocycles. The second-order valence-electron chi connectivity index (χ2n) is 7.10. The quantitative estimate of drug-likeness (QED) is 0.736. The number of nitrogens with zero attached hydrogens (tertiary/aromatic N) is 2. The molecular weight excluding hydrogens is 383 g/mol. The number of rotatable bonds is 7. The molecule has 2 aromatic carbocycles. The topological polar surface area (TPSA) is 56.2 Å². The van der Waals surface area contributed by atoms with Crippen LogP contribution in [0.25, 0.3) is 0 Å². The maximum absolute atomic E-state index is 14.3. The summed E-state index contributed by atoms with van der Waals surface area (Å²) in [4.78, 5) is 4.43. The van der Waals surface area contributed by atoms with Crippen molar-refractivity contribution in [3.05, 3.63) is 58.4 Å². The number of aliphatic hydroxyl groups is 1. The molecule has 3 rings (SSSR count). The Balaban J connectivity index is 1.68. The zero-order chi connectivity index (χ0) is 20.1. The smallest absolute Gasteiger partial charge is 0.131 e. The first-order chi connectivity index (χ1) is 13.5. The van der Waals surface area contributed by atoms with Crippen LogP contribution in [0.15, 0.2) is 36.4 Å². The molecule has 1 aliphatic rings. The third kappa shape index (κ3) is 5.14. The number of hydrogen-bond donors (Lipinski definition) is 2. The van der Waals surface area contributed by atoms with E-state index < -0.39 is 0 Å². The Kier molecular flexibility index (Phi) is 7.13. The van der Waals surface area contributed by atoms with E-state index in [-0.39, 0.29) is 24.2 Å². The lowest BCUT2D eigenvalue weighted by Crippen LogP contribution is -2.52. The van der Waals surface area contributed by atoms with Crippen LogP contribution >= 0.6 is 11.6 Å². The number of aromatic hydroxyl groups is 1. The van der Waals surface area contributed by atoms with Crippen molar-refractivity contribution in [3.8, 4) is 11.5 Å². The van der Waals surface area contributed by atoms with Gasteiger partial charge in [0.25, 0.3) is 0 Å². The summed E-state index contributed by atoms with van der Waals surface area (Å²) in [5, 5.41) is 20.1. The number of methoxy groups -OCH3 is 1. The standard InChI is InChI=1S/C21H26ClFN2O3/c1-28-19-4-2-15(20(23)11-19)13-25-8-7-24(14-18(25)6-9-26)12-16-10-17(22)3-5-21(16)27/h2-5,10-11,18,26-27H,6-9,12-14H2,1H3/t18-/m1/s1. The lowest BCUT2D eigenvalue weighted by atomic mass is 10.1. The SMILES string of the molecule is COc1ccc(CN2CCN(Cc3cc(Cl)ccc3O)C[C@H]2CCO)c(F)c1. The van der Waals surface area contributed by atoms with E-state index in [1.54, 1.807) is 30.3 Å². The summed E-state index contributed by atoms with van der Waals surface area (Å²) in [5.41, 5.74) is 1.40. The summed E-state index contributed by atoms with van der Waals surface area (Å²) >= 11 is 6.05. The van der Waals surface area contributed by atoms with E-state index in [0.29, 0.717) is 35.8 Å². The van der Waals surface area contributed by atoms with E-state index in [4.69, 9.17) is 16.3 Å². The average Bonchev–Trinajstić information content (AvgIpc) is 2.68. The molecular formula is C21H26ClFN2O3. The molecule has 0 aromatic heterocycles. The fourth-order valence-corrected chi connectivity index (χ4v) is 3.85. The van der Waals surface area contributed by atoms with E-state index in [0.717, 1.165) is 25.2 Å². The van der Waals surface area contributed by atoms with Gasteiger partial charge in [-0.2, -0.15) is 0 Å². The van der Waals surface area contributed by atoms with Crippen molar-refractivity contribution >= 4 is 11.6 Å². The zero-order valence-corrected chi connectivity index (χ0v) is 16.7. The van der Waals surface area contributed by atoms with Gasteiger partial charge < -0.3 is 14.9 Å². The first-order valence-corrected chi connectivity index (χ1v) is 9.75. The number of hydrogen-bond acceptors (Lipinski definition) is 5. The highest BCUT2D eigenvalue weighted by molar-refractivity contribution is 6.30. The number of phenols is 1. The molecule has 7 heteroatoms. The van der Waals surface area contributed by atoms with Crippen LogP contribution in [0.4, 0.5) is 4.39 Å². The molecule has 2 N–H and O–H groups in total. The van der Waals surface area contributed by atoms with Gasteiger partial charge in [0.15, 0.2) is 0 Å². The summed E-state index contributed by atoms with van der Waals surface area (Å²) in [6.45, 7) is 3.39. The molecule has 152 valence electrons. The Labute approximate surface area is 169 Å². The first-order valence-electron chi connectivity index (χ1n) is 9.37. The highest BCUT2D eigenvalue weighted by Gasteiger charge is 2.27. The molecule has 2 aromatic rings. The van der Waals surface area contributed by atoms with Gasteiger partial charge in [-0.1, -0.05) is 17.7 Å². The van der Waals surface area contributed by atoms with Gasteiger partial charge in [0.2, 0.25) is 0 Å². The van der Waals surface area contributed by atoms with Gasteiger partial charge in [-0.05, 0) is 30.7 Å². The van der Waals surface area contributed by atoms with Crippen molar-refractivity contribution in [2.45, 2.75) is 25.6 Å². The molecule has 0 aliphatic carbocycles. The number of phenolic OH excluding ortho intramolecular Hbond substituents is 1. The van der Waals surface area contributed by atoms with Gasteiger partial charge in [0.1, 0.15) is 17.3 Å². The zero-order valence-electron chi connectivity index (χ0n) is 15.9. The number of aliphatic hydroxyl groups excluding tert-OH is 1. The monoisotopic (exact) mass is 408 g/mol. The van der Waals surface area contributed by atoms with Crippen molar-refractivity contribution in [2.24, 2.45) is 0 Å². The summed E-state index contributed by atoms with van der Waals surface area (Å²) in [6, 6.07) is 10.0. The van der Waals surface area contributed by atoms with Crippen molar-refractivity contribution in [1.29, 1.82) is 0 Å². The first kappa shape index (κ1) is 20.9. The van der Waals surface area contributed by atoms with Crippen LogP contribution in [0, 0.1) is 5.82 Å². The Morgan fingerprint density at radius 3 is 2.68 bits per heavy atom. The second kappa shape index (κ2) is 9.56. The highest BCUT2D eigenvalue weighted by atomic mass is 35.5. The summed E-state index contributed by atoms with van der Waals surface area (Å²) in [6.07, 6.45) is 0.607. The number of benzene rings is 2. The molecule has 0 radical (unpaired) electrons. The molecule has 5 nitrogen and oxygen atoms in total. The minimum atomic E-state index is -0.284. The molecule has 1 heterocycles. The van der Waals surface area contributed by atoms with Gasteiger partial charge in [0.05, 0.1) is 7.11 Å². The summed E-state index contributed by atoms with van der Waals surface area (Å²) in [5.74, 6) is 0.443. The summed E-state index contributed by atoms with van der Waals surface area (Å²) < 4.78 is 19.4. The minimum absolute atomic E-state index is 0.0719. The lowest BCUT2D eigenvalue weighted by Gasteiger charge is -2.41. The predicted molar refractivity (Wildman–Crippen MR) is 107 cm³/mol. The summed E-state index contributed by atoms with van der Waals surface area (Å²) in [7, 11) is 1.52. The van der Waals surface area contributed by atoms with Gasteiger partial charge in [-0.15, -0.1) is 0 Å². The molecule has 0 unspecified atom stereocenters. The maximum atomic E-state index is 14.3. The Bertz CT molecular complexity index is 805. The van der Waals surface area contributed by atoms with E-state index in [2.05, 4.69) is 9.80 Å². The molecule has 0 bridgehead atoms. The third-order valence-electron chi connectivity index (χ3n) is 5.22. The molecule has 0 saturated carbocycles. The van der Waals surface area contributed by atoms with E-state index in [1.807, 2.05) is 0 Å². The molecule has 1 fully saturated rings. The van der Waals surface area contributed by atoms with E-state index in [9.17, 15) is 14.6 Å². The largest absolute Gasteiger partial charge is 0.508 e. The third-order valence-corrected chi connectivity index (χ3v) is 5.46. The van der Waals surface area contributed by atoms with Crippen molar-refractivity contribution in [3.63, 3.8) is 0 Å². The van der Waals surface area contributed by atoms with Crippen LogP contribution < -0.4 is 4.74 Å². The van der Waals surface area contributed by atoms with Crippen molar-refractivity contribution in [2.75, 3.05) is 33.4 Å². The van der Waals surface area contributed by atoms with Crippen LogP contribution in [-0.2, 0) is 13.1 Å². The van der Waals surface area contributed by atoms with Crippen LogP contribution in [0.5, 0.6) is 11.5 Å². The number of halogens is 2. The van der Waals surface area contributed by atoms with Crippen molar-refractivity contribution in [1.82, 2.24) is 9.80 Å². The minimum Gasteiger partial charge on any atom is -0.508 e. The Morgan fingerprint density at radius 1 is 1.14 bits per heavy atom. The fraction of sp³-hybridized carbons (Fsp3) is 0.429. The number of piperazine rings is 1. The number of ether oxygens (including phenoxy) is 1. The average molecular weight is 409 g/mol. The van der Waals surface area contributed by atoms with Gasteiger partial charge in [0, 0.05) is 67.6 Å². The van der Waals surface area contributed by atoms with Crippen LogP contribution in [0.2, 0.25) is 5.02 Å².